The Morgan fingerprint density at radius 2 is 1.59 bits per heavy atom. The van der Waals surface area contributed by atoms with Crippen LogP contribution in [0.25, 0.3) is 0 Å². The molecule has 2 amide bonds. The molecule has 0 aromatic heterocycles. The molecule has 1 aliphatic heterocycles. The Hall–Kier alpha value is -3.64. The van der Waals surface area contributed by atoms with E-state index in [1.54, 1.807) is 4.90 Å². The third kappa shape index (κ3) is 5.30. The van der Waals surface area contributed by atoms with Crippen molar-refractivity contribution >= 4 is 23.7 Å². The molecule has 1 saturated carbocycles. The summed E-state index contributed by atoms with van der Waals surface area (Å²) in [5.41, 5.74) is 4.85. The molecule has 0 bridgehead atoms. The van der Waals surface area contributed by atoms with Crippen molar-refractivity contribution in [2.24, 2.45) is 11.8 Å². The van der Waals surface area contributed by atoms with Gasteiger partial charge in [0.05, 0.1) is 13.2 Å². The summed E-state index contributed by atoms with van der Waals surface area (Å²) in [6.45, 7) is 3.62. The minimum atomic E-state index is -0.895. The smallest absolute Gasteiger partial charge is 0.250 e. The highest BCUT2D eigenvalue weighted by Crippen LogP contribution is 2.46. The molecule has 6 rings (SSSR count). The summed E-state index contributed by atoms with van der Waals surface area (Å²) in [6.07, 6.45) is 5.19. The highest BCUT2D eigenvalue weighted by molar-refractivity contribution is 5.99. The predicted octanol–water partition coefficient (Wildman–Crippen LogP) is 5.07. The van der Waals surface area contributed by atoms with Crippen LogP contribution in [-0.2, 0) is 33.7 Å². The fourth-order valence-corrected chi connectivity index (χ4v) is 6.88. The second-order valence-electron chi connectivity index (χ2n) is 11.3. The van der Waals surface area contributed by atoms with Crippen LogP contribution in [0.1, 0.15) is 36.0 Å². The first-order valence-corrected chi connectivity index (χ1v) is 14.2. The molecule has 1 N–H and O–H groups in total. The largest absolute Gasteiger partial charge is 0.378 e. The van der Waals surface area contributed by atoms with Gasteiger partial charge in [0.2, 0.25) is 12.3 Å². The van der Waals surface area contributed by atoms with Crippen molar-refractivity contribution in [3.8, 4) is 0 Å². The first-order valence-electron chi connectivity index (χ1n) is 14.2. The number of hydrogen-bond acceptors (Lipinski definition) is 4. The van der Waals surface area contributed by atoms with E-state index in [9.17, 15) is 9.59 Å². The molecule has 1 heterocycles. The summed E-state index contributed by atoms with van der Waals surface area (Å²) >= 11 is 0. The lowest BCUT2D eigenvalue weighted by Crippen LogP contribution is -2.60. The number of rotatable bonds is 7. The molecule has 2 fully saturated rings. The molecular formula is C33H37N3O3. The van der Waals surface area contributed by atoms with Gasteiger partial charge in [-0.1, -0.05) is 54.6 Å². The van der Waals surface area contributed by atoms with Crippen molar-refractivity contribution in [3.63, 3.8) is 0 Å². The number of fused-ring (bicyclic) bond motifs is 2. The summed E-state index contributed by atoms with van der Waals surface area (Å²) in [5, 5.41) is 3.22. The monoisotopic (exact) mass is 523 g/mol. The average Bonchev–Trinajstić information content (AvgIpc) is 3.00. The van der Waals surface area contributed by atoms with Gasteiger partial charge in [-0.2, -0.15) is 0 Å². The topological polar surface area (TPSA) is 61.9 Å². The van der Waals surface area contributed by atoms with E-state index in [0.29, 0.717) is 31.2 Å². The normalized spacial score (nSPS) is 24.3. The van der Waals surface area contributed by atoms with Crippen LogP contribution >= 0.6 is 0 Å². The summed E-state index contributed by atoms with van der Waals surface area (Å²) in [7, 11) is 0. The van der Waals surface area contributed by atoms with Crippen LogP contribution in [0.4, 0.5) is 11.4 Å². The Balaban J connectivity index is 1.27. The molecule has 0 radical (unpaired) electrons. The van der Waals surface area contributed by atoms with Crippen LogP contribution in [0.2, 0.25) is 0 Å². The van der Waals surface area contributed by atoms with Crippen LogP contribution in [0.3, 0.4) is 0 Å². The number of amides is 2. The molecule has 6 nitrogen and oxygen atoms in total. The van der Waals surface area contributed by atoms with E-state index in [2.05, 4.69) is 46.6 Å². The second-order valence-corrected chi connectivity index (χ2v) is 11.3. The minimum absolute atomic E-state index is 0.0815. The Labute approximate surface area is 231 Å². The quantitative estimate of drug-likeness (QED) is 0.439. The van der Waals surface area contributed by atoms with Crippen LogP contribution < -0.4 is 10.2 Å². The zero-order valence-electron chi connectivity index (χ0n) is 22.4. The van der Waals surface area contributed by atoms with Gasteiger partial charge in [0.15, 0.2) is 0 Å². The highest BCUT2D eigenvalue weighted by atomic mass is 16.5. The molecule has 3 atom stereocenters. The first-order chi connectivity index (χ1) is 19.1. The van der Waals surface area contributed by atoms with Gasteiger partial charge in [-0.05, 0) is 84.9 Å². The number of nitrogens with one attached hydrogen (secondary N) is 1. The number of morpholine rings is 1. The molecule has 3 aromatic rings. The van der Waals surface area contributed by atoms with Gasteiger partial charge in [-0.25, -0.2) is 0 Å². The van der Waals surface area contributed by atoms with Gasteiger partial charge in [-0.15, -0.1) is 0 Å². The molecule has 39 heavy (non-hydrogen) atoms. The maximum atomic E-state index is 14.2. The summed E-state index contributed by atoms with van der Waals surface area (Å²) in [6, 6.07) is 26.7. The summed E-state index contributed by atoms with van der Waals surface area (Å²) in [5.74, 6) is 0.821. The van der Waals surface area contributed by atoms with Crippen LogP contribution in [0, 0.1) is 11.8 Å². The molecular weight excluding hydrogens is 486 g/mol. The van der Waals surface area contributed by atoms with Gasteiger partial charge >= 0.3 is 0 Å². The number of carbonyl (C=O) groups is 2. The van der Waals surface area contributed by atoms with E-state index in [-0.39, 0.29) is 5.91 Å². The number of nitrogens with zero attached hydrogens (tertiary/aromatic N) is 2. The average molecular weight is 524 g/mol. The molecule has 202 valence electrons. The Morgan fingerprint density at radius 1 is 0.923 bits per heavy atom. The molecule has 6 heteroatoms. The Kier molecular flexibility index (Phi) is 7.38. The molecule has 2 aliphatic carbocycles. The minimum Gasteiger partial charge on any atom is -0.378 e. The van der Waals surface area contributed by atoms with Crippen molar-refractivity contribution in [1.29, 1.82) is 0 Å². The summed E-state index contributed by atoms with van der Waals surface area (Å²) < 4.78 is 5.48. The van der Waals surface area contributed by atoms with E-state index in [0.717, 1.165) is 68.9 Å². The highest BCUT2D eigenvalue weighted by Gasteiger charge is 2.50. The lowest BCUT2D eigenvalue weighted by atomic mass is 9.62. The number of hydrogen-bond donors (Lipinski definition) is 1. The van der Waals surface area contributed by atoms with E-state index in [4.69, 9.17) is 4.74 Å². The van der Waals surface area contributed by atoms with E-state index in [1.807, 2.05) is 42.5 Å². The van der Waals surface area contributed by atoms with Gasteiger partial charge in [-0.3, -0.25) is 9.59 Å². The van der Waals surface area contributed by atoms with Crippen LogP contribution in [0.15, 0.2) is 78.9 Å². The van der Waals surface area contributed by atoms with Gasteiger partial charge in [0.25, 0.3) is 0 Å². The number of ether oxygens (including phenoxy) is 1. The van der Waals surface area contributed by atoms with Crippen LogP contribution in [-0.4, -0.2) is 49.1 Å². The van der Waals surface area contributed by atoms with E-state index in [1.165, 1.54) is 11.1 Å². The lowest BCUT2D eigenvalue weighted by Gasteiger charge is -2.50. The van der Waals surface area contributed by atoms with Crippen molar-refractivity contribution < 1.29 is 14.3 Å². The zero-order chi connectivity index (χ0) is 26.7. The first kappa shape index (κ1) is 25.6. The maximum absolute atomic E-state index is 14.2. The van der Waals surface area contributed by atoms with Crippen molar-refractivity contribution in [2.75, 3.05) is 36.5 Å². The van der Waals surface area contributed by atoms with Crippen molar-refractivity contribution in [1.82, 2.24) is 4.90 Å². The second kappa shape index (κ2) is 11.2. The van der Waals surface area contributed by atoms with Gasteiger partial charge in [0.1, 0.15) is 5.54 Å². The predicted molar refractivity (Wildman–Crippen MR) is 154 cm³/mol. The Bertz CT molecular complexity index is 1290. The number of benzene rings is 3. The van der Waals surface area contributed by atoms with Gasteiger partial charge < -0.3 is 19.9 Å². The molecule has 0 unspecified atom stereocenters. The maximum Gasteiger partial charge on any atom is 0.250 e. The third-order valence-corrected chi connectivity index (χ3v) is 9.07. The van der Waals surface area contributed by atoms with E-state index < -0.39 is 5.54 Å². The number of anilines is 2. The zero-order valence-corrected chi connectivity index (χ0v) is 22.4. The molecule has 3 aliphatic rings. The molecule has 0 spiro atoms. The third-order valence-electron chi connectivity index (χ3n) is 9.07. The molecule has 3 aromatic carbocycles. The summed E-state index contributed by atoms with van der Waals surface area (Å²) in [4.78, 5) is 31.0. The van der Waals surface area contributed by atoms with Crippen molar-refractivity contribution in [3.05, 3.63) is 95.6 Å². The van der Waals surface area contributed by atoms with Crippen molar-refractivity contribution in [2.45, 2.75) is 44.2 Å². The standard InChI is InChI=1S/C33H37N3O3/c37-24-36(23-25-6-2-1-3-7-25)33(15-14-28-20-26-8-4-5-9-27(26)21-29(28)22-33)32(38)34-30-10-12-31(13-11-30)35-16-18-39-19-17-35/h1-13,24,28-29H,14-23H2,(H,34,38)/t28-,29-,33-/m1/s1. The fraction of sp³-hybridized carbons (Fsp3) is 0.394. The van der Waals surface area contributed by atoms with Gasteiger partial charge in [0, 0.05) is 31.0 Å². The Morgan fingerprint density at radius 3 is 2.28 bits per heavy atom. The molecule has 1 saturated heterocycles. The van der Waals surface area contributed by atoms with E-state index >= 15 is 0 Å². The fourth-order valence-electron chi connectivity index (χ4n) is 6.88. The lowest BCUT2D eigenvalue weighted by molar-refractivity contribution is -0.143. The van der Waals surface area contributed by atoms with Crippen LogP contribution in [0.5, 0.6) is 0 Å². The number of carbonyl (C=O) groups excluding carboxylic acids is 2. The SMILES string of the molecule is O=CN(Cc1ccccc1)[C@]1(C(=O)Nc2ccc(N3CCOCC3)cc2)CC[C@@H]2Cc3ccccc3C[C@@H]2C1.